The number of carbonyl (C=O) groups is 2. The van der Waals surface area contributed by atoms with Crippen molar-refractivity contribution in [2.75, 3.05) is 74.8 Å². The lowest BCUT2D eigenvalue weighted by atomic mass is 9.93. The fourth-order valence-corrected chi connectivity index (χ4v) is 7.80. The normalized spacial score (nSPS) is 13.7. The number of nitrogens with one attached hydrogen (secondary N) is 3. The predicted octanol–water partition coefficient (Wildman–Crippen LogP) is 8.12. The lowest BCUT2D eigenvalue weighted by Crippen LogP contribution is -2.39. The number of carbonyl (C=O) groups excluding carboxylic acids is 2. The Hall–Kier alpha value is -7.08. The van der Waals surface area contributed by atoms with Crippen molar-refractivity contribution in [2.45, 2.75) is 13.2 Å². The number of hydrogen-bond donors (Lipinski definition) is 4. The molecular weight excluding hydrogens is 849 g/mol. The fraction of sp³-hybridized carbons (Fsp3) is 0.208. The molecule has 1 aliphatic heterocycles. The Morgan fingerprint density at radius 3 is 2.55 bits per heavy atom. The third-order valence-electron chi connectivity index (χ3n) is 11.0. The molecule has 65 heavy (non-hydrogen) atoms. The van der Waals surface area contributed by atoms with Crippen LogP contribution < -0.4 is 20.9 Å². The Bertz CT molecular complexity index is 2970. The number of aliphatic hydroxyl groups excluding tert-OH is 1. The van der Waals surface area contributed by atoms with Crippen molar-refractivity contribution < 1.29 is 23.8 Å². The van der Waals surface area contributed by atoms with E-state index in [2.05, 4.69) is 32.5 Å². The van der Waals surface area contributed by atoms with Gasteiger partial charge in [0.05, 0.1) is 59.4 Å². The second-order valence-corrected chi connectivity index (χ2v) is 16.1. The summed E-state index contributed by atoms with van der Waals surface area (Å²) < 4.78 is 23.2. The fourth-order valence-electron chi connectivity index (χ4n) is 7.60. The number of imidazole rings is 1. The number of anilines is 6. The van der Waals surface area contributed by atoms with Gasteiger partial charge in [0.2, 0.25) is 11.9 Å². The van der Waals surface area contributed by atoms with E-state index in [0.29, 0.717) is 94.1 Å². The minimum Gasteiger partial charge on any atom is -0.379 e. The number of halogens is 2. The van der Waals surface area contributed by atoms with Gasteiger partial charge in [-0.15, -0.1) is 0 Å². The van der Waals surface area contributed by atoms with E-state index >= 15 is 4.39 Å². The monoisotopic (exact) mass is 895 g/mol. The van der Waals surface area contributed by atoms with Crippen molar-refractivity contribution >= 4 is 74.5 Å². The first kappa shape index (κ1) is 44.5. The first-order valence-corrected chi connectivity index (χ1v) is 21.1. The van der Waals surface area contributed by atoms with Crippen LogP contribution in [-0.4, -0.2) is 105 Å². The van der Waals surface area contributed by atoms with Gasteiger partial charge in [-0.05, 0) is 80.2 Å². The highest BCUT2D eigenvalue weighted by molar-refractivity contribution is 6.33. The van der Waals surface area contributed by atoms with Gasteiger partial charge in [-0.2, -0.15) is 0 Å². The lowest BCUT2D eigenvalue weighted by molar-refractivity contribution is -0.114. The summed E-state index contributed by atoms with van der Waals surface area (Å²) in [5.74, 6) is -0.599. The molecule has 0 bridgehead atoms. The van der Waals surface area contributed by atoms with Crippen molar-refractivity contribution in [1.82, 2.24) is 34.1 Å². The van der Waals surface area contributed by atoms with Crippen molar-refractivity contribution in [1.29, 1.82) is 0 Å². The highest BCUT2D eigenvalue weighted by Crippen LogP contribution is 2.39. The molecule has 7 aromatic rings. The van der Waals surface area contributed by atoms with Crippen LogP contribution in [0.15, 0.2) is 116 Å². The highest BCUT2D eigenvalue weighted by Gasteiger charge is 2.25. The molecule has 1 saturated heterocycles. The third-order valence-corrected chi connectivity index (χ3v) is 11.3. The van der Waals surface area contributed by atoms with Gasteiger partial charge in [0.25, 0.3) is 5.91 Å². The zero-order chi connectivity index (χ0) is 45.8. The Balaban J connectivity index is 1.14. The smallest absolute Gasteiger partial charge is 0.250 e. The number of fused-ring (bicyclic) bond motifs is 3. The molecule has 1 fully saturated rings. The van der Waals surface area contributed by atoms with Crippen molar-refractivity contribution in [3.05, 3.63) is 138 Å². The van der Waals surface area contributed by atoms with Crippen LogP contribution in [0.25, 0.3) is 38.9 Å². The lowest BCUT2D eigenvalue weighted by Gasteiger charge is -2.32. The molecule has 1 unspecified atom stereocenters. The van der Waals surface area contributed by atoms with Gasteiger partial charge in [0.15, 0.2) is 5.82 Å². The third kappa shape index (κ3) is 9.72. The molecule has 15 nitrogen and oxygen atoms in total. The maximum absolute atomic E-state index is 15.8. The molecule has 1 aliphatic rings. The summed E-state index contributed by atoms with van der Waals surface area (Å²) in [7, 11) is 5.32. The molecule has 4 heterocycles. The second-order valence-electron chi connectivity index (χ2n) is 15.7. The number of rotatable bonds is 14. The molecule has 3 aromatic heterocycles. The largest absolute Gasteiger partial charge is 0.379 e. The Kier molecular flexibility index (Phi) is 13.3. The summed E-state index contributed by atoms with van der Waals surface area (Å²) in [6, 6.07) is 21.6. The van der Waals surface area contributed by atoms with E-state index in [1.807, 2.05) is 73.3 Å². The summed E-state index contributed by atoms with van der Waals surface area (Å²) in [6.07, 6.45) is 8.21. The number of benzene rings is 4. The van der Waals surface area contributed by atoms with Gasteiger partial charge in [0, 0.05) is 67.0 Å². The predicted molar refractivity (Wildman–Crippen MR) is 253 cm³/mol. The zero-order valence-electron chi connectivity index (χ0n) is 36.2. The molecule has 0 radical (unpaired) electrons. The molecule has 1 atom stereocenters. The van der Waals surface area contributed by atoms with Gasteiger partial charge in [-0.1, -0.05) is 54.6 Å². The van der Waals surface area contributed by atoms with E-state index in [1.54, 1.807) is 47.3 Å². The van der Waals surface area contributed by atoms with Crippen molar-refractivity contribution in [3.63, 3.8) is 0 Å². The highest BCUT2D eigenvalue weighted by atomic mass is 35.5. The van der Waals surface area contributed by atoms with Gasteiger partial charge in [-0.25, -0.2) is 24.3 Å². The van der Waals surface area contributed by atoms with Crippen LogP contribution in [0.5, 0.6) is 0 Å². The average Bonchev–Trinajstić information content (AvgIpc) is 3.81. The number of ether oxygens (including phenoxy) is 1. The van der Waals surface area contributed by atoms with E-state index in [1.165, 1.54) is 36.4 Å². The summed E-state index contributed by atoms with van der Waals surface area (Å²) in [5, 5.41) is 21.8. The molecule has 0 aliphatic carbocycles. The van der Waals surface area contributed by atoms with Gasteiger partial charge in [-0.3, -0.25) is 18.9 Å². The van der Waals surface area contributed by atoms with E-state index in [-0.39, 0.29) is 23.5 Å². The maximum atomic E-state index is 15.8. The standard InChI is InChI=1S/C48H47ClFN11O4/c1-6-43(62)53-31-11-7-10-30(22-31)45-36(49)26-52-48(57-45)54-32-15-16-34(47(64)60-18-20-65-21-19-60)35(23-32)33-12-8-13-38(29(33)2)55-46-42-27-51-28-61(42)41-25-40(37(50)24-39(41)56-46)59(5)44(63)14-9-17-58(3)4/h6-16,22-28,47,64H,1,17-21H2,2-5H3,(H,53,62)(H,55,56)(H,52,54,57)/b14-9+. The van der Waals surface area contributed by atoms with Crippen LogP contribution in [0.4, 0.5) is 38.9 Å². The van der Waals surface area contributed by atoms with E-state index in [0.717, 1.165) is 16.7 Å². The summed E-state index contributed by atoms with van der Waals surface area (Å²) >= 11 is 6.61. The molecule has 17 heteroatoms. The van der Waals surface area contributed by atoms with E-state index < -0.39 is 12.0 Å². The molecule has 332 valence electrons. The maximum Gasteiger partial charge on any atom is 0.250 e. The number of aliphatic hydroxyl groups is 1. The Morgan fingerprint density at radius 2 is 1.77 bits per heavy atom. The van der Waals surface area contributed by atoms with Crippen LogP contribution >= 0.6 is 11.6 Å². The average molecular weight is 896 g/mol. The number of likely N-dealkylation sites (N-methyl/N-ethyl adjacent to an activating group) is 2. The van der Waals surface area contributed by atoms with Crippen LogP contribution in [0.1, 0.15) is 17.4 Å². The summed E-state index contributed by atoms with van der Waals surface area (Å²) in [4.78, 5) is 48.6. The number of aromatic nitrogens is 5. The van der Waals surface area contributed by atoms with Crippen molar-refractivity contribution in [2.24, 2.45) is 0 Å². The molecular formula is C48H47ClFN11O4. The molecule has 4 aromatic carbocycles. The molecule has 0 spiro atoms. The van der Waals surface area contributed by atoms with Crippen LogP contribution in [0.2, 0.25) is 5.02 Å². The first-order valence-electron chi connectivity index (χ1n) is 20.8. The van der Waals surface area contributed by atoms with Gasteiger partial charge in [0.1, 0.15) is 17.6 Å². The summed E-state index contributed by atoms with van der Waals surface area (Å²) in [5.41, 5.74) is 7.79. The topological polar surface area (TPSA) is 165 Å². The van der Waals surface area contributed by atoms with E-state index in [9.17, 15) is 14.7 Å². The van der Waals surface area contributed by atoms with Gasteiger partial charge >= 0.3 is 0 Å². The summed E-state index contributed by atoms with van der Waals surface area (Å²) in [6.45, 7) is 8.17. The van der Waals surface area contributed by atoms with Gasteiger partial charge < -0.3 is 35.6 Å². The molecule has 2 amide bonds. The zero-order valence-corrected chi connectivity index (χ0v) is 37.0. The molecule has 8 rings (SSSR count). The SMILES string of the molecule is C=CC(=O)Nc1cccc(-c2nc(Nc3ccc(C(O)N4CCOCC4)c(-c4cccc(Nc5nc6cc(F)c(N(C)C(=O)/C=C/CN(C)C)cc6n6cncc56)c4C)c3)ncc2Cl)c1. The van der Waals surface area contributed by atoms with Crippen LogP contribution in [0.3, 0.4) is 0 Å². The number of amides is 2. The second kappa shape index (κ2) is 19.3. The molecule has 0 saturated carbocycles. The first-order chi connectivity index (χ1) is 31.4. The Labute approximate surface area is 379 Å². The number of hydrogen-bond acceptors (Lipinski definition) is 12. The van der Waals surface area contributed by atoms with E-state index in [4.69, 9.17) is 26.3 Å². The van der Waals surface area contributed by atoms with Crippen LogP contribution in [-0.2, 0) is 14.3 Å². The minimum atomic E-state index is -0.942. The number of nitrogens with zero attached hydrogens (tertiary/aromatic N) is 8. The minimum absolute atomic E-state index is 0.105. The number of morpholine rings is 1. The Morgan fingerprint density at radius 1 is 0.969 bits per heavy atom. The molecule has 4 N–H and O–H groups in total. The van der Waals surface area contributed by atoms with Crippen LogP contribution in [0, 0.1) is 12.7 Å². The van der Waals surface area contributed by atoms with Crippen molar-refractivity contribution in [3.8, 4) is 22.4 Å². The quantitative estimate of drug-likeness (QED) is 0.0777.